The van der Waals surface area contributed by atoms with E-state index in [2.05, 4.69) is 5.32 Å². The van der Waals surface area contributed by atoms with E-state index in [-0.39, 0.29) is 23.6 Å². The highest BCUT2D eigenvalue weighted by molar-refractivity contribution is 5.74. The molecule has 0 aliphatic heterocycles. The minimum atomic E-state index is -0.336. The Morgan fingerprint density at radius 2 is 2.19 bits per heavy atom. The zero-order valence-corrected chi connectivity index (χ0v) is 9.66. The Bertz CT molecular complexity index is 375. The third-order valence-electron chi connectivity index (χ3n) is 2.30. The van der Waals surface area contributed by atoms with Gasteiger partial charge in [-0.2, -0.15) is 0 Å². The molecule has 0 radical (unpaired) electrons. The number of hydrogen-bond acceptors (Lipinski definition) is 3. The van der Waals surface area contributed by atoms with E-state index in [4.69, 9.17) is 5.73 Å². The molecule has 4 N–H and O–H groups in total. The summed E-state index contributed by atoms with van der Waals surface area (Å²) in [7, 11) is 0. The van der Waals surface area contributed by atoms with Crippen LogP contribution in [0.1, 0.15) is 25.8 Å². The van der Waals surface area contributed by atoms with Gasteiger partial charge in [-0.05, 0) is 31.5 Å². The molecule has 0 atom stereocenters. The Labute approximate surface area is 95.5 Å². The van der Waals surface area contributed by atoms with Crippen LogP contribution in [0.15, 0.2) is 24.3 Å². The molecule has 1 aromatic rings. The predicted molar refractivity (Wildman–Crippen MR) is 62.8 cm³/mol. The maximum absolute atomic E-state index is 10.8. The molecule has 1 rings (SSSR count). The van der Waals surface area contributed by atoms with Gasteiger partial charge in [-0.1, -0.05) is 12.1 Å². The number of carbonyl (C=O) groups excluding carboxylic acids is 1. The highest BCUT2D eigenvalue weighted by atomic mass is 16.3. The van der Waals surface area contributed by atoms with Crippen molar-refractivity contribution in [3.05, 3.63) is 29.8 Å². The van der Waals surface area contributed by atoms with E-state index in [1.807, 2.05) is 19.9 Å². The molecule has 4 heteroatoms. The molecule has 0 aromatic heterocycles. The average molecular weight is 222 g/mol. The molecule has 4 nitrogen and oxygen atoms in total. The summed E-state index contributed by atoms with van der Waals surface area (Å²) in [4.78, 5) is 10.8. The first-order valence-corrected chi connectivity index (χ1v) is 5.20. The van der Waals surface area contributed by atoms with Crippen LogP contribution < -0.4 is 11.1 Å². The van der Waals surface area contributed by atoms with Crippen molar-refractivity contribution < 1.29 is 9.90 Å². The van der Waals surface area contributed by atoms with Crippen molar-refractivity contribution in [2.24, 2.45) is 5.73 Å². The van der Waals surface area contributed by atoms with Crippen molar-refractivity contribution in [2.45, 2.75) is 32.4 Å². The van der Waals surface area contributed by atoms with Gasteiger partial charge in [0.1, 0.15) is 5.75 Å². The fraction of sp³-hybridized carbons (Fsp3) is 0.417. The van der Waals surface area contributed by atoms with Crippen LogP contribution in [-0.2, 0) is 11.3 Å². The van der Waals surface area contributed by atoms with Gasteiger partial charge in [0, 0.05) is 18.5 Å². The second-order valence-electron chi connectivity index (χ2n) is 4.55. The van der Waals surface area contributed by atoms with Crippen LogP contribution in [-0.4, -0.2) is 16.6 Å². The minimum Gasteiger partial charge on any atom is -0.508 e. The van der Waals surface area contributed by atoms with Crippen LogP contribution in [0.2, 0.25) is 0 Å². The molecule has 1 aromatic carbocycles. The Kier molecular flexibility index (Phi) is 3.90. The largest absolute Gasteiger partial charge is 0.508 e. The number of phenolic OH excluding ortho intramolecular Hbond substituents is 1. The SMILES string of the molecule is CC(C)(CC(N)=O)NCc1cccc(O)c1. The minimum absolute atomic E-state index is 0.243. The standard InChI is InChI=1S/C12H18N2O2/c1-12(2,7-11(13)16)14-8-9-4-3-5-10(15)6-9/h3-6,14-15H,7-8H2,1-2H3,(H2,13,16). The molecule has 16 heavy (non-hydrogen) atoms. The van der Waals surface area contributed by atoms with Gasteiger partial charge in [-0.25, -0.2) is 0 Å². The van der Waals surface area contributed by atoms with Crippen LogP contribution in [0.5, 0.6) is 5.75 Å². The summed E-state index contributed by atoms with van der Waals surface area (Å²) in [5.41, 5.74) is 5.79. The van der Waals surface area contributed by atoms with E-state index < -0.39 is 0 Å². The number of nitrogens with two attached hydrogens (primary N) is 1. The van der Waals surface area contributed by atoms with E-state index in [0.717, 1.165) is 5.56 Å². The summed E-state index contributed by atoms with van der Waals surface area (Å²) >= 11 is 0. The summed E-state index contributed by atoms with van der Waals surface area (Å²) in [6, 6.07) is 7.01. The van der Waals surface area contributed by atoms with Crippen molar-refractivity contribution in [3.8, 4) is 5.75 Å². The Morgan fingerprint density at radius 3 is 2.75 bits per heavy atom. The van der Waals surface area contributed by atoms with E-state index in [1.165, 1.54) is 0 Å². The number of nitrogens with one attached hydrogen (secondary N) is 1. The number of aromatic hydroxyl groups is 1. The molecular formula is C12H18N2O2. The Balaban J connectivity index is 2.54. The number of phenols is 1. The van der Waals surface area contributed by atoms with E-state index >= 15 is 0 Å². The van der Waals surface area contributed by atoms with Gasteiger partial charge in [0.25, 0.3) is 0 Å². The molecule has 0 aliphatic rings. The number of amides is 1. The molecule has 0 bridgehead atoms. The van der Waals surface area contributed by atoms with Gasteiger partial charge < -0.3 is 16.2 Å². The van der Waals surface area contributed by atoms with Crippen LogP contribution in [0.25, 0.3) is 0 Å². The fourth-order valence-electron chi connectivity index (χ4n) is 1.51. The first kappa shape index (κ1) is 12.5. The molecule has 1 amide bonds. The summed E-state index contributed by atoms with van der Waals surface area (Å²) in [5, 5.41) is 12.5. The average Bonchev–Trinajstić information content (AvgIpc) is 2.13. The lowest BCUT2D eigenvalue weighted by atomic mass is 10.00. The lowest BCUT2D eigenvalue weighted by Crippen LogP contribution is -2.42. The molecule has 0 fully saturated rings. The van der Waals surface area contributed by atoms with Gasteiger partial charge in [0.05, 0.1) is 0 Å². The van der Waals surface area contributed by atoms with Gasteiger partial charge in [0.15, 0.2) is 0 Å². The number of benzene rings is 1. The normalized spacial score (nSPS) is 11.4. The molecule has 0 aliphatic carbocycles. The van der Waals surface area contributed by atoms with Crippen molar-refractivity contribution in [3.63, 3.8) is 0 Å². The predicted octanol–water partition coefficient (Wildman–Crippen LogP) is 1.14. The lowest BCUT2D eigenvalue weighted by Gasteiger charge is -2.24. The number of carbonyl (C=O) groups is 1. The quantitative estimate of drug-likeness (QED) is 0.699. The smallest absolute Gasteiger partial charge is 0.219 e. The maximum Gasteiger partial charge on any atom is 0.219 e. The first-order chi connectivity index (χ1) is 7.39. The molecule has 0 spiro atoms. The molecule has 0 heterocycles. The molecule has 0 saturated carbocycles. The van der Waals surface area contributed by atoms with E-state index in [9.17, 15) is 9.90 Å². The van der Waals surface area contributed by atoms with Crippen molar-refractivity contribution in [1.29, 1.82) is 0 Å². The second-order valence-corrected chi connectivity index (χ2v) is 4.55. The summed E-state index contributed by atoms with van der Waals surface area (Å²) in [6.07, 6.45) is 0.284. The van der Waals surface area contributed by atoms with Crippen LogP contribution in [0, 0.1) is 0 Å². The third kappa shape index (κ3) is 4.31. The molecule has 0 saturated heterocycles. The molecule has 88 valence electrons. The van der Waals surface area contributed by atoms with E-state index in [1.54, 1.807) is 18.2 Å². The highest BCUT2D eigenvalue weighted by Gasteiger charge is 2.19. The van der Waals surface area contributed by atoms with Crippen LogP contribution in [0.4, 0.5) is 0 Å². The third-order valence-corrected chi connectivity index (χ3v) is 2.30. The lowest BCUT2D eigenvalue weighted by molar-refractivity contribution is -0.119. The zero-order valence-electron chi connectivity index (χ0n) is 9.66. The molecule has 0 unspecified atom stereocenters. The number of hydrogen-bond donors (Lipinski definition) is 3. The summed E-state index contributed by atoms with van der Waals surface area (Å²) < 4.78 is 0. The van der Waals surface area contributed by atoms with Gasteiger partial charge in [0.2, 0.25) is 5.91 Å². The van der Waals surface area contributed by atoms with Gasteiger partial charge in [-0.15, -0.1) is 0 Å². The van der Waals surface area contributed by atoms with Crippen molar-refractivity contribution in [1.82, 2.24) is 5.32 Å². The maximum atomic E-state index is 10.8. The zero-order chi connectivity index (χ0) is 12.2. The Hall–Kier alpha value is -1.55. The van der Waals surface area contributed by atoms with Gasteiger partial charge in [-0.3, -0.25) is 4.79 Å². The molecular weight excluding hydrogens is 204 g/mol. The number of rotatable bonds is 5. The summed E-state index contributed by atoms with van der Waals surface area (Å²) in [5.74, 6) is -0.0829. The Morgan fingerprint density at radius 1 is 1.50 bits per heavy atom. The van der Waals surface area contributed by atoms with Crippen LogP contribution in [0.3, 0.4) is 0 Å². The van der Waals surface area contributed by atoms with Crippen molar-refractivity contribution in [2.75, 3.05) is 0 Å². The summed E-state index contributed by atoms with van der Waals surface area (Å²) in [6.45, 7) is 4.43. The first-order valence-electron chi connectivity index (χ1n) is 5.20. The van der Waals surface area contributed by atoms with Crippen LogP contribution >= 0.6 is 0 Å². The fourth-order valence-corrected chi connectivity index (χ4v) is 1.51. The number of primary amides is 1. The monoisotopic (exact) mass is 222 g/mol. The van der Waals surface area contributed by atoms with Gasteiger partial charge >= 0.3 is 0 Å². The van der Waals surface area contributed by atoms with E-state index in [0.29, 0.717) is 6.54 Å². The second kappa shape index (κ2) is 4.99. The topological polar surface area (TPSA) is 75.4 Å². The van der Waals surface area contributed by atoms with Crippen molar-refractivity contribution >= 4 is 5.91 Å². The highest BCUT2D eigenvalue weighted by Crippen LogP contribution is 2.13.